The van der Waals surface area contributed by atoms with Gasteiger partial charge in [0, 0.05) is 0 Å². The summed E-state index contributed by atoms with van der Waals surface area (Å²) in [5.74, 6) is 0. The maximum absolute atomic E-state index is 10.8. The molecule has 1 N–H and O–H groups in total. The summed E-state index contributed by atoms with van der Waals surface area (Å²) in [6, 6.07) is 4.78. The molecule has 0 saturated heterocycles. The van der Waals surface area contributed by atoms with Gasteiger partial charge in [0.15, 0.2) is 0 Å². The Labute approximate surface area is 94.1 Å². The van der Waals surface area contributed by atoms with Crippen LogP contribution < -0.4 is 0 Å². The lowest BCUT2D eigenvalue weighted by molar-refractivity contribution is 0.482. The van der Waals surface area contributed by atoms with Crippen molar-refractivity contribution < 1.29 is 13.0 Å². The van der Waals surface area contributed by atoms with Crippen LogP contribution in [0.3, 0.4) is 0 Å². The Morgan fingerprint density at radius 3 is 2.15 bits per heavy atom. The Balaban J connectivity index is 0.00000144. The highest BCUT2D eigenvalue weighted by Crippen LogP contribution is 2.17. The maximum atomic E-state index is 10.8. The normalized spacial score (nSPS) is 10.7. The second kappa shape index (κ2) is 4.41. The second-order valence-electron chi connectivity index (χ2n) is 2.67. The van der Waals surface area contributed by atoms with E-state index in [0.717, 1.165) is 5.56 Å². The van der Waals surface area contributed by atoms with Crippen LogP contribution in [0.15, 0.2) is 23.1 Å². The Bertz CT molecular complexity index is 398. The maximum Gasteiger partial charge on any atom is 0.316 e. The van der Waals surface area contributed by atoms with E-state index in [-0.39, 0.29) is 27.9 Å². The quantitative estimate of drug-likeness (QED) is 0.549. The summed E-state index contributed by atoms with van der Waals surface area (Å²) in [5, 5.41) is 0. The lowest BCUT2D eigenvalue weighted by Gasteiger charge is -2.03. The minimum atomic E-state index is -4.06. The van der Waals surface area contributed by atoms with Gasteiger partial charge in [-0.3, -0.25) is 4.55 Å². The van der Waals surface area contributed by atoms with Gasteiger partial charge in [0.25, 0.3) is 10.1 Å². The largest absolute Gasteiger partial charge is 0.316 e. The standard InChI is InChI=1S/C8H10O3S.Mg.2H/c1-6-4-3-5-8(7(6)2)12(9,10)11;;;/h3-5H,1-2H3,(H,9,10,11);;;. The zero-order valence-corrected chi connectivity index (χ0v) is 7.72. The van der Waals surface area contributed by atoms with E-state index in [9.17, 15) is 8.42 Å². The lowest BCUT2D eigenvalue weighted by Crippen LogP contribution is -2.01. The van der Waals surface area contributed by atoms with E-state index in [1.54, 1.807) is 26.0 Å². The van der Waals surface area contributed by atoms with Crippen LogP contribution in [0.5, 0.6) is 0 Å². The molecule has 0 atom stereocenters. The van der Waals surface area contributed by atoms with Crippen molar-refractivity contribution in [2.24, 2.45) is 0 Å². The fourth-order valence-corrected chi connectivity index (χ4v) is 1.80. The molecule has 0 bridgehead atoms. The molecule has 13 heavy (non-hydrogen) atoms. The van der Waals surface area contributed by atoms with E-state index >= 15 is 0 Å². The van der Waals surface area contributed by atoms with Crippen LogP contribution in [0.4, 0.5) is 0 Å². The SMILES string of the molecule is Cc1cccc(S(=O)(=O)O)c1C.[MgH2]. The zero-order chi connectivity index (χ0) is 9.35. The molecule has 0 aliphatic heterocycles. The summed E-state index contributed by atoms with van der Waals surface area (Å²) in [7, 11) is -4.06. The van der Waals surface area contributed by atoms with Gasteiger partial charge in [-0.1, -0.05) is 12.1 Å². The van der Waals surface area contributed by atoms with Gasteiger partial charge in [0.05, 0.1) is 4.90 Å². The van der Waals surface area contributed by atoms with Crippen molar-refractivity contribution in [1.82, 2.24) is 0 Å². The first-order chi connectivity index (χ1) is 5.43. The van der Waals surface area contributed by atoms with Gasteiger partial charge in [-0.2, -0.15) is 8.42 Å². The molecule has 0 unspecified atom stereocenters. The van der Waals surface area contributed by atoms with E-state index in [1.807, 2.05) is 0 Å². The van der Waals surface area contributed by atoms with Crippen LogP contribution in [0, 0.1) is 13.8 Å². The average molecular weight is 213 g/mol. The van der Waals surface area contributed by atoms with E-state index in [0.29, 0.717) is 5.56 Å². The molecule has 0 fully saturated rings. The van der Waals surface area contributed by atoms with Crippen molar-refractivity contribution in [3.05, 3.63) is 29.3 Å². The summed E-state index contributed by atoms with van der Waals surface area (Å²) < 4.78 is 30.3. The Morgan fingerprint density at radius 1 is 1.23 bits per heavy atom. The van der Waals surface area contributed by atoms with Crippen molar-refractivity contribution in [2.75, 3.05) is 0 Å². The highest BCUT2D eigenvalue weighted by molar-refractivity contribution is 7.85. The number of hydrogen-bond donors (Lipinski definition) is 1. The van der Waals surface area contributed by atoms with Gasteiger partial charge in [0.1, 0.15) is 0 Å². The predicted octanol–water partition coefficient (Wildman–Crippen LogP) is 0.634. The smallest absolute Gasteiger partial charge is 0.282 e. The molecule has 0 aromatic heterocycles. The third-order valence-corrected chi connectivity index (χ3v) is 2.83. The molecule has 1 aromatic rings. The number of hydrogen-bond acceptors (Lipinski definition) is 2. The molecule has 1 rings (SSSR count). The van der Waals surface area contributed by atoms with E-state index in [2.05, 4.69) is 0 Å². The molecule has 0 spiro atoms. The fourth-order valence-electron chi connectivity index (χ4n) is 1.00. The van der Waals surface area contributed by atoms with Crippen molar-refractivity contribution in [3.8, 4) is 0 Å². The first-order valence-corrected chi connectivity index (χ1v) is 4.90. The van der Waals surface area contributed by atoms with Gasteiger partial charge in [-0.05, 0) is 31.0 Å². The van der Waals surface area contributed by atoms with Crippen LogP contribution in [-0.2, 0) is 10.1 Å². The average Bonchev–Trinajstić information content (AvgIpc) is 1.92. The van der Waals surface area contributed by atoms with E-state index < -0.39 is 10.1 Å². The third-order valence-electron chi connectivity index (χ3n) is 1.83. The predicted molar refractivity (Wildman–Crippen MR) is 54.3 cm³/mol. The molecular formula is C8H12MgO3S. The molecule has 3 nitrogen and oxygen atoms in total. The number of rotatable bonds is 1. The molecule has 0 aliphatic rings. The highest BCUT2D eigenvalue weighted by atomic mass is 32.2. The molecule has 5 heteroatoms. The first kappa shape index (κ1) is 12.9. The molecule has 0 radical (unpaired) electrons. The lowest BCUT2D eigenvalue weighted by atomic mass is 10.1. The van der Waals surface area contributed by atoms with Gasteiger partial charge in [-0.15, -0.1) is 0 Å². The van der Waals surface area contributed by atoms with Gasteiger partial charge in [0.2, 0.25) is 0 Å². The highest BCUT2D eigenvalue weighted by Gasteiger charge is 2.12. The van der Waals surface area contributed by atoms with Crippen LogP contribution in [-0.4, -0.2) is 36.0 Å². The monoisotopic (exact) mass is 212 g/mol. The molecule has 1 aromatic carbocycles. The van der Waals surface area contributed by atoms with Crippen LogP contribution in [0.1, 0.15) is 11.1 Å². The van der Waals surface area contributed by atoms with Crippen molar-refractivity contribution in [3.63, 3.8) is 0 Å². The van der Waals surface area contributed by atoms with Crippen molar-refractivity contribution in [1.29, 1.82) is 0 Å². The fraction of sp³-hybridized carbons (Fsp3) is 0.250. The summed E-state index contributed by atoms with van der Waals surface area (Å²) in [4.78, 5) is -0.0116. The van der Waals surface area contributed by atoms with Crippen molar-refractivity contribution in [2.45, 2.75) is 18.7 Å². The van der Waals surface area contributed by atoms with Crippen LogP contribution in [0.25, 0.3) is 0 Å². The van der Waals surface area contributed by atoms with E-state index in [4.69, 9.17) is 4.55 Å². The molecular weight excluding hydrogens is 200 g/mol. The Morgan fingerprint density at radius 2 is 1.77 bits per heavy atom. The summed E-state index contributed by atoms with van der Waals surface area (Å²) in [6.45, 7) is 3.46. The molecule has 0 aliphatic carbocycles. The zero-order valence-electron chi connectivity index (χ0n) is 6.90. The summed E-state index contributed by atoms with van der Waals surface area (Å²) in [6.07, 6.45) is 0. The van der Waals surface area contributed by atoms with Crippen molar-refractivity contribution >= 4 is 33.2 Å². The minimum absolute atomic E-state index is 0. The van der Waals surface area contributed by atoms with Gasteiger partial charge in [-0.25, -0.2) is 0 Å². The molecule has 0 saturated carbocycles. The minimum Gasteiger partial charge on any atom is -0.282 e. The third kappa shape index (κ3) is 2.94. The Kier molecular flexibility index (Phi) is 4.37. The second-order valence-corrected chi connectivity index (χ2v) is 4.06. The Hall–Kier alpha value is -0.104. The number of aryl methyl sites for hydroxylation is 1. The summed E-state index contributed by atoms with van der Waals surface area (Å²) >= 11 is 0. The molecule has 0 amide bonds. The summed E-state index contributed by atoms with van der Waals surface area (Å²) in [5.41, 5.74) is 1.45. The molecule has 70 valence electrons. The van der Waals surface area contributed by atoms with Crippen LogP contribution in [0.2, 0.25) is 0 Å². The molecule has 0 heterocycles. The van der Waals surface area contributed by atoms with Crippen LogP contribution >= 0.6 is 0 Å². The number of benzene rings is 1. The van der Waals surface area contributed by atoms with Gasteiger partial charge < -0.3 is 0 Å². The van der Waals surface area contributed by atoms with E-state index in [1.165, 1.54) is 6.07 Å². The van der Waals surface area contributed by atoms with Gasteiger partial charge >= 0.3 is 23.1 Å². The topological polar surface area (TPSA) is 54.4 Å². The first-order valence-electron chi connectivity index (χ1n) is 3.46.